The molecule has 3 aromatic rings. The van der Waals surface area contributed by atoms with Gasteiger partial charge in [-0.2, -0.15) is 5.10 Å². The molecule has 3 rings (SSSR count). The molecule has 22 heavy (non-hydrogen) atoms. The number of hydrogen-bond donors (Lipinski definition) is 1. The van der Waals surface area contributed by atoms with Crippen LogP contribution < -0.4 is 5.32 Å². The van der Waals surface area contributed by atoms with Crippen molar-refractivity contribution in [3.05, 3.63) is 65.6 Å². The zero-order chi connectivity index (χ0) is 15.5. The van der Waals surface area contributed by atoms with Gasteiger partial charge in [-0.3, -0.25) is 4.79 Å². The second kappa shape index (κ2) is 5.97. The van der Waals surface area contributed by atoms with Crippen molar-refractivity contribution in [1.29, 1.82) is 0 Å². The second-order valence-corrected chi connectivity index (χ2v) is 5.45. The highest BCUT2D eigenvalue weighted by atomic mass is 16.1. The molecule has 2 heterocycles. The highest BCUT2D eigenvalue weighted by Crippen LogP contribution is 2.11. The van der Waals surface area contributed by atoms with Gasteiger partial charge < -0.3 is 5.32 Å². The maximum atomic E-state index is 12.4. The molecule has 0 fully saturated rings. The minimum absolute atomic E-state index is 0.0345. The van der Waals surface area contributed by atoms with Crippen LogP contribution in [0.25, 0.3) is 5.65 Å². The molecule has 1 unspecified atom stereocenters. The van der Waals surface area contributed by atoms with Gasteiger partial charge in [0.05, 0.1) is 6.20 Å². The normalized spacial score (nSPS) is 12.3. The predicted octanol–water partition coefficient (Wildman–Crippen LogP) is 2.40. The van der Waals surface area contributed by atoms with Crippen molar-refractivity contribution in [3.63, 3.8) is 0 Å². The number of rotatable bonds is 4. The standard InChI is InChI=1S/C17H18N4O/c1-12-6-3-4-7-14(12)10-13(2)20-17(22)15-11-19-21-9-5-8-18-16(15)21/h3-9,11,13H,10H2,1-2H3,(H,20,22). The molecule has 0 radical (unpaired) electrons. The Labute approximate surface area is 129 Å². The molecule has 0 saturated heterocycles. The number of hydrogen-bond acceptors (Lipinski definition) is 3. The molecule has 1 amide bonds. The Bertz CT molecular complexity index is 809. The Hall–Kier alpha value is -2.69. The van der Waals surface area contributed by atoms with Gasteiger partial charge in [-0.15, -0.1) is 0 Å². The van der Waals surface area contributed by atoms with Crippen LogP contribution in [-0.2, 0) is 6.42 Å². The van der Waals surface area contributed by atoms with Crippen LogP contribution in [0.1, 0.15) is 28.4 Å². The summed E-state index contributed by atoms with van der Waals surface area (Å²) in [5.74, 6) is -0.144. The molecule has 0 aliphatic rings. The van der Waals surface area contributed by atoms with Crippen molar-refractivity contribution < 1.29 is 4.79 Å². The summed E-state index contributed by atoms with van der Waals surface area (Å²) in [5, 5.41) is 7.16. The number of carbonyl (C=O) groups excluding carboxylic acids is 1. The third-order valence-electron chi connectivity index (χ3n) is 3.69. The molecule has 112 valence electrons. The third kappa shape index (κ3) is 2.83. The number of amides is 1. The monoisotopic (exact) mass is 294 g/mol. The fraction of sp³-hybridized carbons (Fsp3) is 0.235. The Morgan fingerprint density at radius 1 is 1.32 bits per heavy atom. The molecular formula is C17H18N4O. The van der Waals surface area contributed by atoms with Gasteiger partial charge in [-0.05, 0) is 37.5 Å². The zero-order valence-electron chi connectivity index (χ0n) is 12.7. The molecule has 0 spiro atoms. The van der Waals surface area contributed by atoms with Crippen molar-refractivity contribution in [3.8, 4) is 0 Å². The van der Waals surface area contributed by atoms with Crippen LogP contribution in [0.4, 0.5) is 0 Å². The fourth-order valence-corrected chi connectivity index (χ4v) is 2.51. The van der Waals surface area contributed by atoms with Crippen LogP contribution in [-0.4, -0.2) is 26.5 Å². The summed E-state index contributed by atoms with van der Waals surface area (Å²) in [6.07, 6.45) is 5.78. The van der Waals surface area contributed by atoms with E-state index < -0.39 is 0 Å². The van der Waals surface area contributed by atoms with Gasteiger partial charge >= 0.3 is 0 Å². The van der Waals surface area contributed by atoms with Gasteiger partial charge in [0.15, 0.2) is 5.65 Å². The van der Waals surface area contributed by atoms with Crippen LogP contribution in [0, 0.1) is 6.92 Å². The average Bonchev–Trinajstić information content (AvgIpc) is 2.93. The number of aryl methyl sites for hydroxylation is 1. The van der Waals surface area contributed by atoms with Crippen LogP contribution >= 0.6 is 0 Å². The number of fused-ring (bicyclic) bond motifs is 1. The van der Waals surface area contributed by atoms with Gasteiger partial charge in [0.2, 0.25) is 0 Å². The number of nitrogens with one attached hydrogen (secondary N) is 1. The van der Waals surface area contributed by atoms with Crippen LogP contribution in [0.2, 0.25) is 0 Å². The van der Waals surface area contributed by atoms with Gasteiger partial charge in [0.1, 0.15) is 5.56 Å². The number of carbonyl (C=O) groups is 1. The van der Waals surface area contributed by atoms with Crippen molar-refractivity contribution in [1.82, 2.24) is 19.9 Å². The quantitative estimate of drug-likeness (QED) is 0.804. The maximum absolute atomic E-state index is 12.4. The first-order chi connectivity index (χ1) is 10.6. The summed E-state index contributed by atoms with van der Waals surface area (Å²) < 4.78 is 1.60. The van der Waals surface area contributed by atoms with Gasteiger partial charge in [-0.25, -0.2) is 9.50 Å². The maximum Gasteiger partial charge on any atom is 0.256 e. The van der Waals surface area contributed by atoms with Crippen LogP contribution in [0.3, 0.4) is 0 Å². The van der Waals surface area contributed by atoms with Crippen LogP contribution in [0.15, 0.2) is 48.9 Å². The summed E-state index contributed by atoms with van der Waals surface area (Å²) in [6.45, 7) is 4.09. The highest BCUT2D eigenvalue weighted by Gasteiger charge is 2.16. The highest BCUT2D eigenvalue weighted by molar-refractivity contribution is 5.99. The summed E-state index contributed by atoms with van der Waals surface area (Å²) in [6, 6.07) is 10.0. The predicted molar refractivity (Wildman–Crippen MR) is 84.8 cm³/mol. The first kappa shape index (κ1) is 14.3. The van der Waals surface area contributed by atoms with Crippen molar-refractivity contribution in [2.24, 2.45) is 0 Å². The average molecular weight is 294 g/mol. The Kier molecular flexibility index (Phi) is 3.87. The zero-order valence-corrected chi connectivity index (χ0v) is 12.7. The van der Waals surface area contributed by atoms with Crippen molar-refractivity contribution in [2.45, 2.75) is 26.3 Å². The van der Waals surface area contributed by atoms with E-state index in [1.807, 2.05) is 19.1 Å². The first-order valence-corrected chi connectivity index (χ1v) is 7.29. The third-order valence-corrected chi connectivity index (χ3v) is 3.69. The minimum Gasteiger partial charge on any atom is -0.349 e. The second-order valence-electron chi connectivity index (χ2n) is 5.45. The van der Waals surface area contributed by atoms with Gasteiger partial charge in [0, 0.05) is 18.4 Å². The van der Waals surface area contributed by atoms with Gasteiger partial charge in [0.25, 0.3) is 5.91 Å². The lowest BCUT2D eigenvalue weighted by atomic mass is 10.0. The van der Waals surface area contributed by atoms with E-state index >= 15 is 0 Å². The molecule has 5 heteroatoms. The van der Waals surface area contributed by atoms with E-state index in [1.165, 1.54) is 11.1 Å². The van der Waals surface area contributed by atoms with E-state index in [9.17, 15) is 4.79 Å². The lowest BCUT2D eigenvalue weighted by Crippen LogP contribution is -2.34. The summed E-state index contributed by atoms with van der Waals surface area (Å²) >= 11 is 0. The van der Waals surface area contributed by atoms with E-state index in [4.69, 9.17) is 0 Å². The van der Waals surface area contributed by atoms with E-state index in [2.05, 4.69) is 34.5 Å². The van der Waals surface area contributed by atoms with E-state index in [0.29, 0.717) is 11.2 Å². The first-order valence-electron chi connectivity index (χ1n) is 7.29. The lowest BCUT2D eigenvalue weighted by Gasteiger charge is -2.14. The number of benzene rings is 1. The Morgan fingerprint density at radius 2 is 2.14 bits per heavy atom. The fourth-order valence-electron chi connectivity index (χ4n) is 2.51. The molecule has 0 bridgehead atoms. The summed E-state index contributed by atoms with van der Waals surface area (Å²) in [5.41, 5.74) is 3.55. The largest absolute Gasteiger partial charge is 0.349 e. The molecule has 1 aromatic carbocycles. The SMILES string of the molecule is Cc1ccccc1CC(C)NC(=O)c1cnn2cccnc12. The van der Waals surface area contributed by atoms with Crippen molar-refractivity contribution in [2.75, 3.05) is 0 Å². The molecular weight excluding hydrogens is 276 g/mol. The smallest absolute Gasteiger partial charge is 0.256 e. The molecule has 0 aliphatic carbocycles. The topological polar surface area (TPSA) is 59.3 Å². The van der Waals surface area contributed by atoms with Gasteiger partial charge in [-0.1, -0.05) is 24.3 Å². The molecule has 5 nitrogen and oxygen atoms in total. The molecule has 0 saturated carbocycles. The molecule has 1 N–H and O–H groups in total. The molecule has 0 aliphatic heterocycles. The van der Waals surface area contributed by atoms with E-state index in [0.717, 1.165) is 6.42 Å². The molecule has 2 aromatic heterocycles. The van der Waals surface area contributed by atoms with Crippen LogP contribution in [0.5, 0.6) is 0 Å². The van der Waals surface area contributed by atoms with E-state index in [-0.39, 0.29) is 11.9 Å². The minimum atomic E-state index is -0.144. The number of aromatic nitrogens is 3. The van der Waals surface area contributed by atoms with Crippen molar-refractivity contribution >= 4 is 11.6 Å². The summed E-state index contributed by atoms with van der Waals surface area (Å²) in [7, 11) is 0. The van der Waals surface area contributed by atoms with E-state index in [1.54, 1.807) is 29.2 Å². The lowest BCUT2D eigenvalue weighted by molar-refractivity contribution is 0.0941. The molecule has 1 atom stereocenters. The summed E-state index contributed by atoms with van der Waals surface area (Å²) in [4.78, 5) is 16.6. The Balaban J connectivity index is 1.73. The Morgan fingerprint density at radius 3 is 2.95 bits per heavy atom. The number of nitrogens with zero attached hydrogens (tertiary/aromatic N) is 3.